The van der Waals surface area contributed by atoms with Crippen LogP contribution in [0, 0.1) is 5.41 Å². The lowest BCUT2D eigenvalue weighted by molar-refractivity contribution is -0.192. The number of carbonyl (C=O) groups is 2. The van der Waals surface area contributed by atoms with Crippen LogP contribution in [0.15, 0.2) is 59.1 Å². The van der Waals surface area contributed by atoms with E-state index in [0.29, 0.717) is 24.1 Å². The molecule has 3 aromatic rings. The Hall–Kier alpha value is -4.02. The molecule has 6 N–H and O–H groups in total. The number of carbonyl (C=O) groups excluding carboxylic acids is 1. The summed E-state index contributed by atoms with van der Waals surface area (Å²) in [6.07, 6.45) is -1.47. The minimum atomic E-state index is -5.08. The predicted molar refractivity (Wildman–Crippen MR) is 135 cm³/mol. The van der Waals surface area contributed by atoms with Gasteiger partial charge in [-0.1, -0.05) is 6.07 Å². The molecule has 1 aromatic carbocycles. The number of thiophene rings is 1. The Morgan fingerprint density at radius 1 is 1.26 bits per heavy atom. The fourth-order valence-electron chi connectivity index (χ4n) is 3.46. The number of amidine groups is 1. The van der Waals surface area contributed by atoms with Gasteiger partial charge >= 0.3 is 12.1 Å². The number of amides is 1. The molecule has 39 heavy (non-hydrogen) atoms. The quantitative estimate of drug-likeness (QED) is 0.207. The van der Waals surface area contributed by atoms with Crippen LogP contribution in [-0.4, -0.2) is 65.0 Å². The Morgan fingerprint density at radius 2 is 1.95 bits per heavy atom. The number of carboxylic acid groups (broad SMARTS) is 1. The van der Waals surface area contributed by atoms with Crippen molar-refractivity contribution < 1.29 is 41.4 Å². The van der Waals surface area contributed by atoms with Crippen LogP contribution in [0.5, 0.6) is 5.75 Å². The smallest absolute Gasteiger partial charge is 0.490 e. The van der Waals surface area contributed by atoms with E-state index < -0.39 is 28.2 Å². The van der Waals surface area contributed by atoms with E-state index in [0.717, 1.165) is 21.8 Å². The number of alkyl halides is 3. The third kappa shape index (κ3) is 7.52. The highest BCUT2D eigenvalue weighted by Crippen LogP contribution is 2.31. The predicted octanol–water partition coefficient (Wildman–Crippen LogP) is 2.51. The number of aromatic hydroxyl groups is 1. The molecule has 2 aromatic heterocycles. The van der Waals surface area contributed by atoms with Crippen LogP contribution in [0.2, 0.25) is 0 Å². The number of pyridine rings is 1. The average Bonchev–Trinajstić information content (AvgIpc) is 3.49. The Morgan fingerprint density at radius 3 is 2.54 bits per heavy atom. The second kappa shape index (κ2) is 11.8. The highest BCUT2D eigenvalue weighted by molar-refractivity contribution is 7.91. The number of aliphatic carboxylic acids is 1. The van der Waals surface area contributed by atoms with Gasteiger partial charge in [-0.15, -0.1) is 11.3 Å². The second-order valence-electron chi connectivity index (χ2n) is 8.14. The van der Waals surface area contributed by atoms with Crippen LogP contribution >= 0.6 is 11.3 Å². The number of aromatic nitrogens is 1. The highest BCUT2D eigenvalue weighted by Gasteiger charge is 2.38. The van der Waals surface area contributed by atoms with Crippen molar-refractivity contribution in [2.45, 2.75) is 29.4 Å². The molecular weight excluding hydrogens is 563 g/mol. The molecule has 3 heterocycles. The van der Waals surface area contributed by atoms with Gasteiger partial charge in [0.25, 0.3) is 10.0 Å². The fraction of sp³-hybridized carbons (Fsp3) is 0.217. The summed E-state index contributed by atoms with van der Waals surface area (Å²) in [5.41, 5.74) is 7.18. The topological polar surface area (TPSA) is 187 Å². The Bertz CT molecular complexity index is 1480. The van der Waals surface area contributed by atoms with E-state index >= 15 is 0 Å². The zero-order valence-electron chi connectivity index (χ0n) is 19.8. The Kier molecular flexibility index (Phi) is 8.93. The van der Waals surface area contributed by atoms with E-state index in [2.05, 4.69) is 9.71 Å². The van der Waals surface area contributed by atoms with Gasteiger partial charge in [0, 0.05) is 47.1 Å². The van der Waals surface area contributed by atoms with Crippen LogP contribution in [0.3, 0.4) is 0 Å². The van der Waals surface area contributed by atoms with Gasteiger partial charge in [0.1, 0.15) is 21.8 Å². The van der Waals surface area contributed by atoms with Crippen LogP contribution in [0.4, 0.5) is 13.2 Å². The number of nitrogen functional groups attached to an aromatic ring is 1. The number of hydrogen-bond acceptors (Lipinski definition) is 8. The number of likely N-dealkylation sites (tertiary alicyclic amines) is 1. The summed E-state index contributed by atoms with van der Waals surface area (Å²) in [5, 5.41) is 24.8. The van der Waals surface area contributed by atoms with Gasteiger partial charge in [0.2, 0.25) is 5.91 Å². The van der Waals surface area contributed by atoms with Crippen molar-refractivity contribution in [1.82, 2.24) is 14.6 Å². The molecule has 208 valence electrons. The standard InChI is InChI=1S/C21H21N5O4S2.C2HF3O2/c22-20(23)13-3-4-17(27)15(10-13)12-26-9-7-16(21(26)28)25-32(29,30)19-6-5-18(31-19)14-2-1-8-24-11-14;3-2(4,5)1(6)7/h1-6,8,10-11,16,25,27H,7,9,12H2,(H3,22,23);(H,6,7)/t16-;/m0./s1. The van der Waals surface area contributed by atoms with Gasteiger partial charge in [0.15, 0.2) is 0 Å². The number of carboxylic acids is 1. The van der Waals surface area contributed by atoms with Gasteiger partial charge in [-0.25, -0.2) is 13.2 Å². The van der Waals surface area contributed by atoms with E-state index in [1.54, 1.807) is 30.6 Å². The van der Waals surface area contributed by atoms with Crippen LogP contribution < -0.4 is 10.5 Å². The number of benzene rings is 1. The van der Waals surface area contributed by atoms with Gasteiger partial charge < -0.3 is 20.8 Å². The first-order valence-corrected chi connectivity index (χ1v) is 13.3. The van der Waals surface area contributed by atoms with Crippen molar-refractivity contribution in [3.63, 3.8) is 0 Å². The summed E-state index contributed by atoms with van der Waals surface area (Å²) in [6.45, 7) is 0.426. The first kappa shape index (κ1) is 29.5. The number of phenols is 1. The third-order valence-electron chi connectivity index (χ3n) is 5.38. The normalized spacial score (nSPS) is 15.5. The second-order valence-corrected chi connectivity index (χ2v) is 11.2. The number of sulfonamides is 1. The number of hydrogen-bond donors (Lipinski definition) is 5. The Balaban J connectivity index is 0.000000532. The lowest BCUT2D eigenvalue weighted by Gasteiger charge is -2.18. The zero-order chi connectivity index (χ0) is 29.0. The molecule has 1 amide bonds. The molecular formula is C23H22F3N5O6S2. The third-order valence-corrected chi connectivity index (χ3v) is 8.48. The minimum Gasteiger partial charge on any atom is -0.508 e. The monoisotopic (exact) mass is 585 g/mol. The number of rotatable bonds is 7. The highest BCUT2D eigenvalue weighted by atomic mass is 32.2. The molecule has 0 unspecified atom stereocenters. The summed E-state index contributed by atoms with van der Waals surface area (Å²) in [5.74, 6) is -3.29. The first-order valence-electron chi connectivity index (χ1n) is 11.0. The maximum absolute atomic E-state index is 12.9. The SMILES string of the molecule is N=C(N)c1ccc(O)c(CN2CC[C@H](NS(=O)(=O)c3ccc(-c4cccnc4)s3)C2=O)c1.O=C(O)C(F)(F)F. The largest absolute Gasteiger partial charge is 0.508 e. The van der Waals surface area contributed by atoms with E-state index in [1.165, 1.54) is 23.1 Å². The van der Waals surface area contributed by atoms with Crippen LogP contribution in [-0.2, 0) is 26.2 Å². The lowest BCUT2D eigenvalue weighted by Crippen LogP contribution is -2.41. The molecule has 0 saturated carbocycles. The van der Waals surface area contributed by atoms with Crippen molar-refractivity contribution in [3.8, 4) is 16.2 Å². The molecule has 1 atom stereocenters. The van der Waals surface area contributed by atoms with Crippen molar-refractivity contribution in [2.75, 3.05) is 6.54 Å². The van der Waals surface area contributed by atoms with Crippen molar-refractivity contribution in [3.05, 3.63) is 66.0 Å². The molecule has 0 spiro atoms. The molecule has 1 aliphatic rings. The minimum absolute atomic E-state index is 0.0200. The van der Waals surface area contributed by atoms with Crippen molar-refractivity contribution >= 4 is 39.1 Å². The van der Waals surface area contributed by atoms with E-state index in [-0.39, 0.29) is 28.2 Å². The molecule has 4 rings (SSSR count). The molecule has 0 bridgehead atoms. The molecule has 1 saturated heterocycles. The van der Waals surface area contributed by atoms with E-state index in [4.69, 9.17) is 21.0 Å². The van der Waals surface area contributed by atoms with Gasteiger partial charge in [-0.05, 0) is 42.8 Å². The van der Waals surface area contributed by atoms with Gasteiger partial charge in [-0.2, -0.15) is 17.9 Å². The summed E-state index contributed by atoms with van der Waals surface area (Å²) >= 11 is 1.11. The first-order chi connectivity index (χ1) is 18.2. The average molecular weight is 586 g/mol. The fourth-order valence-corrected chi connectivity index (χ4v) is 6.00. The van der Waals surface area contributed by atoms with Gasteiger partial charge in [-0.3, -0.25) is 15.2 Å². The zero-order valence-corrected chi connectivity index (χ0v) is 21.5. The van der Waals surface area contributed by atoms with Crippen molar-refractivity contribution in [2.24, 2.45) is 5.73 Å². The van der Waals surface area contributed by atoms with E-state index in [1.807, 2.05) is 6.07 Å². The summed E-state index contributed by atoms with van der Waals surface area (Å²) in [4.78, 5) is 28.0. The van der Waals surface area contributed by atoms with E-state index in [9.17, 15) is 31.5 Å². The molecule has 1 aliphatic heterocycles. The number of nitrogens with two attached hydrogens (primary N) is 1. The molecule has 16 heteroatoms. The molecule has 0 aliphatic carbocycles. The van der Waals surface area contributed by atoms with Crippen molar-refractivity contribution in [1.29, 1.82) is 5.41 Å². The number of halogens is 3. The number of nitrogens with one attached hydrogen (secondary N) is 2. The summed E-state index contributed by atoms with van der Waals surface area (Å²) < 4.78 is 60.1. The van der Waals surface area contributed by atoms with Crippen LogP contribution in [0.25, 0.3) is 10.4 Å². The summed E-state index contributed by atoms with van der Waals surface area (Å²) in [7, 11) is -3.88. The molecule has 0 radical (unpaired) electrons. The number of nitrogens with zero attached hydrogens (tertiary/aromatic N) is 2. The maximum Gasteiger partial charge on any atom is 0.490 e. The maximum atomic E-state index is 12.9. The van der Waals surface area contributed by atoms with Crippen LogP contribution in [0.1, 0.15) is 17.5 Å². The summed E-state index contributed by atoms with van der Waals surface area (Å²) in [6, 6.07) is 10.4. The lowest BCUT2D eigenvalue weighted by atomic mass is 10.1. The van der Waals surface area contributed by atoms with Gasteiger partial charge in [0.05, 0.1) is 0 Å². The Labute approximate surface area is 224 Å². The number of phenolic OH excluding ortho intramolecular Hbond substituents is 1. The molecule has 11 nitrogen and oxygen atoms in total. The molecule has 1 fully saturated rings.